The Morgan fingerprint density at radius 1 is 1.38 bits per heavy atom. The number of benzene rings is 1. The number of methoxy groups -OCH3 is 1. The minimum atomic E-state index is -0.339. The van der Waals surface area contributed by atoms with E-state index < -0.39 is 0 Å². The second-order valence-electron chi connectivity index (χ2n) is 4.61. The van der Waals surface area contributed by atoms with Gasteiger partial charge in [0.1, 0.15) is 5.75 Å². The van der Waals surface area contributed by atoms with E-state index >= 15 is 0 Å². The average Bonchev–Trinajstić information content (AvgIpc) is 2.70. The van der Waals surface area contributed by atoms with Gasteiger partial charge in [0.05, 0.1) is 6.61 Å². The van der Waals surface area contributed by atoms with Gasteiger partial charge < -0.3 is 15.6 Å². The maximum absolute atomic E-state index is 10.2. The van der Waals surface area contributed by atoms with E-state index in [-0.39, 0.29) is 5.54 Å². The molecule has 2 rings (SSSR count). The highest BCUT2D eigenvalue weighted by Crippen LogP contribution is 2.41. The molecule has 3 nitrogen and oxygen atoms in total. The van der Waals surface area contributed by atoms with Gasteiger partial charge in [0.2, 0.25) is 0 Å². The summed E-state index contributed by atoms with van der Waals surface area (Å²) < 4.78 is 5.06. The summed E-state index contributed by atoms with van der Waals surface area (Å²) in [6, 6.07) is 5.75. The van der Waals surface area contributed by atoms with E-state index in [1.165, 1.54) is 0 Å². The van der Waals surface area contributed by atoms with Crippen LogP contribution in [0.15, 0.2) is 18.2 Å². The molecule has 16 heavy (non-hydrogen) atoms. The average molecular weight is 221 g/mol. The molecule has 0 unspecified atom stereocenters. The zero-order chi connectivity index (χ0) is 11.6. The van der Waals surface area contributed by atoms with Gasteiger partial charge in [-0.2, -0.15) is 0 Å². The summed E-state index contributed by atoms with van der Waals surface area (Å²) in [5.74, 6) is 0.314. The van der Waals surface area contributed by atoms with Gasteiger partial charge in [0.25, 0.3) is 0 Å². The Labute approximate surface area is 96.2 Å². The van der Waals surface area contributed by atoms with E-state index in [1.54, 1.807) is 7.11 Å². The lowest BCUT2D eigenvalue weighted by Gasteiger charge is -2.26. The predicted octanol–water partition coefficient (Wildman–Crippen LogP) is 2.27. The smallest absolute Gasteiger partial charge is 0.126 e. The lowest BCUT2D eigenvalue weighted by Crippen LogP contribution is -2.33. The molecule has 1 aromatic carbocycles. The SMILES string of the molecule is COCc1cccc(C2(N)CCCC2)c1O. The Kier molecular flexibility index (Phi) is 3.17. The van der Waals surface area contributed by atoms with Crippen LogP contribution in [0, 0.1) is 0 Å². The van der Waals surface area contributed by atoms with Gasteiger partial charge >= 0.3 is 0 Å². The van der Waals surface area contributed by atoms with Crippen LogP contribution in [0.3, 0.4) is 0 Å². The highest BCUT2D eigenvalue weighted by Gasteiger charge is 2.33. The van der Waals surface area contributed by atoms with Crippen LogP contribution < -0.4 is 5.73 Å². The third kappa shape index (κ3) is 1.93. The van der Waals surface area contributed by atoms with Crippen LogP contribution in [-0.2, 0) is 16.9 Å². The molecule has 3 N–H and O–H groups in total. The minimum Gasteiger partial charge on any atom is -0.507 e. The molecule has 0 amide bonds. The van der Waals surface area contributed by atoms with Crippen LogP contribution in [0.25, 0.3) is 0 Å². The van der Waals surface area contributed by atoms with Crippen molar-refractivity contribution in [3.05, 3.63) is 29.3 Å². The van der Waals surface area contributed by atoms with Gasteiger partial charge in [0, 0.05) is 23.8 Å². The minimum absolute atomic E-state index is 0.314. The third-order valence-electron chi connectivity index (χ3n) is 3.45. The molecule has 0 heterocycles. The van der Waals surface area contributed by atoms with E-state index in [9.17, 15) is 5.11 Å². The molecule has 0 saturated heterocycles. The maximum atomic E-state index is 10.2. The molecule has 0 atom stereocenters. The summed E-state index contributed by atoms with van der Waals surface area (Å²) in [5, 5.41) is 10.2. The molecule has 1 fully saturated rings. The number of hydrogen-bond acceptors (Lipinski definition) is 3. The number of phenols is 1. The van der Waals surface area contributed by atoms with Crippen molar-refractivity contribution in [3.63, 3.8) is 0 Å². The normalized spacial score (nSPS) is 18.9. The van der Waals surface area contributed by atoms with E-state index in [1.807, 2.05) is 18.2 Å². The number of aromatic hydroxyl groups is 1. The molecule has 1 aromatic rings. The quantitative estimate of drug-likeness (QED) is 0.823. The molecular weight excluding hydrogens is 202 g/mol. The number of phenolic OH excluding ortho intramolecular Hbond substituents is 1. The van der Waals surface area contributed by atoms with Crippen molar-refractivity contribution in [2.45, 2.75) is 37.8 Å². The van der Waals surface area contributed by atoms with Gasteiger partial charge in [-0.25, -0.2) is 0 Å². The second-order valence-corrected chi connectivity index (χ2v) is 4.61. The first-order chi connectivity index (χ1) is 7.67. The standard InChI is InChI=1S/C13H19NO2/c1-16-9-10-5-4-6-11(12(10)15)13(14)7-2-3-8-13/h4-6,15H,2-3,7-9,14H2,1H3. The van der Waals surface area contributed by atoms with E-state index in [2.05, 4.69) is 0 Å². The Balaban J connectivity index is 2.37. The first-order valence-electron chi connectivity index (χ1n) is 5.76. The molecule has 0 aliphatic heterocycles. The summed E-state index contributed by atoms with van der Waals surface area (Å²) in [5.41, 5.74) is 7.70. The Morgan fingerprint density at radius 3 is 2.69 bits per heavy atom. The van der Waals surface area contributed by atoms with Crippen molar-refractivity contribution in [1.29, 1.82) is 0 Å². The lowest BCUT2D eigenvalue weighted by atomic mass is 9.87. The molecule has 1 aliphatic carbocycles. The number of nitrogens with two attached hydrogens (primary N) is 1. The van der Waals surface area contributed by atoms with Gasteiger partial charge in [-0.3, -0.25) is 0 Å². The van der Waals surface area contributed by atoms with Crippen molar-refractivity contribution < 1.29 is 9.84 Å². The van der Waals surface area contributed by atoms with E-state index in [4.69, 9.17) is 10.5 Å². The maximum Gasteiger partial charge on any atom is 0.126 e. The van der Waals surface area contributed by atoms with Crippen molar-refractivity contribution in [1.82, 2.24) is 0 Å². The Morgan fingerprint density at radius 2 is 2.06 bits per heavy atom. The fourth-order valence-corrected chi connectivity index (χ4v) is 2.54. The van der Waals surface area contributed by atoms with Crippen LogP contribution in [0.1, 0.15) is 36.8 Å². The monoisotopic (exact) mass is 221 g/mol. The second kappa shape index (κ2) is 4.44. The highest BCUT2D eigenvalue weighted by atomic mass is 16.5. The summed E-state index contributed by atoms with van der Waals surface area (Å²) in [6.45, 7) is 0.426. The number of hydrogen-bond donors (Lipinski definition) is 2. The fourth-order valence-electron chi connectivity index (χ4n) is 2.54. The predicted molar refractivity (Wildman–Crippen MR) is 63.2 cm³/mol. The van der Waals surface area contributed by atoms with E-state index in [0.29, 0.717) is 12.4 Å². The molecule has 0 bridgehead atoms. The molecule has 1 aliphatic rings. The zero-order valence-corrected chi connectivity index (χ0v) is 9.70. The van der Waals surface area contributed by atoms with Crippen LogP contribution in [0.2, 0.25) is 0 Å². The van der Waals surface area contributed by atoms with Gasteiger partial charge in [-0.05, 0) is 12.8 Å². The largest absolute Gasteiger partial charge is 0.507 e. The topological polar surface area (TPSA) is 55.5 Å². The lowest BCUT2D eigenvalue weighted by molar-refractivity contribution is 0.181. The molecular formula is C13H19NO2. The zero-order valence-electron chi connectivity index (χ0n) is 9.70. The molecule has 0 aromatic heterocycles. The number of ether oxygens (including phenoxy) is 1. The first-order valence-corrected chi connectivity index (χ1v) is 5.76. The Bertz CT molecular complexity index is 370. The molecule has 1 saturated carbocycles. The summed E-state index contributed by atoms with van der Waals surface area (Å²) in [4.78, 5) is 0. The number of rotatable bonds is 3. The summed E-state index contributed by atoms with van der Waals surface area (Å²) in [6.07, 6.45) is 4.20. The van der Waals surface area contributed by atoms with Crippen LogP contribution >= 0.6 is 0 Å². The van der Waals surface area contributed by atoms with Crippen LogP contribution in [-0.4, -0.2) is 12.2 Å². The molecule has 3 heteroatoms. The van der Waals surface area contributed by atoms with Gasteiger partial charge in [0.15, 0.2) is 0 Å². The molecule has 0 spiro atoms. The summed E-state index contributed by atoms with van der Waals surface area (Å²) >= 11 is 0. The van der Waals surface area contributed by atoms with Crippen LogP contribution in [0.4, 0.5) is 0 Å². The fraction of sp³-hybridized carbons (Fsp3) is 0.538. The third-order valence-corrected chi connectivity index (χ3v) is 3.45. The van der Waals surface area contributed by atoms with Crippen LogP contribution in [0.5, 0.6) is 5.75 Å². The van der Waals surface area contributed by atoms with Crippen molar-refractivity contribution in [2.75, 3.05) is 7.11 Å². The van der Waals surface area contributed by atoms with Gasteiger partial charge in [-0.15, -0.1) is 0 Å². The number of para-hydroxylation sites is 1. The Hall–Kier alpha value is -1.06. The summed E-state index contributed by atoms with van der Waals surface area (Å²) in [7, 11) is 1.62. The highest BCUT2D eigenvalue weighted by molar-refractivity contribution is 5.44. The molecule has 0 radical (unpaired) electrons. The van der Waals surface area contributed by atoms with Gasteiger partial charge in [-0.1, -0.05) is 31.0 Å². The van der Waals surface area contributed by atoms with Crippen molar-refractivity contribution in [3.8, 4) is 5.75 Å². The van der Waals surface area contributed by atoms with E-state index in [0.717, 1.165) is 36.8 Å². The van der Waals surface area contributed by atoms with Crippen molar-refractivity contribution in [2.24, 2.45) is 5.73 Å². The molecule has 88 valence electrons. The first kappa shape index (κ1) is 11.4. The van der Waals surface area contributed by atoms with Crippen molar-refractivity contribution >= 4 is 0 Å².